The van der Waals surface area contributed by atoms with Gasteiger partial charge in [0.05, 0.1) is 24.6 Å². The van der Waals surface area contributed by atoms with E-state index in [0.717, 1.165) is 11.1 Å². The molecule has 6 nitrogen and oxygen atoms in total. The number of nitrogens with one attached hydrogen (secondary N) is 2. The zero-order chi connectivity index (χ0) is 16.1. The Balaban J connectivity index is 2.57. The van der Waals surface area contributed by atoms with E-state index in [0.29, 0.717) is 17.0 Å². The molecule has 0 aliphatic carbocycles. The predicted octanol–water partition coefficient (Wildman–Crippen LogP) is 1.94. The monoisotopic (exact) mass is 316 g/mol. The SMILES string of the molecule is COC(=O)c1c(C)[nH]c(/C=N/NC(N)=S)c1-c1ccccc1. The maximum absolute atomic E-state index is 12.1. The molecule has 0 saturated carbocycles. The third-order valence-corrected chi connectivity index (χ3v) is 3.13. The summed E-state index contributed by atoms with van der Waals surface area (Å²) in [6.45, 7) is 1.80. The van der Waals surface area contributed by atoms with Crippen molar-refractivity contribution >= 4 is 29.5 Å². The molecule has 22 heavy (non-hydrogen) atoms. The van der Waals surface area contributed by atoms with Crippen LogP contribution in [0.2, 0.25) is 0 Å². The van der Waals surface area contributed by atoms with Crippen molar-refractivity contribution in [2.24, 2.45) is 10.8 Å². The van der Waals surface area contributed by atoms with Gasteiger partial charge in [-0.3, -0.25) is 5.43 Å². The van der Waals surface area contributed by atoms with Crippen LogP contribution in [0.25, 0.3) is 11.1 Å². The fraction of sp³-hybridized carbons (Fsp3) is 0.133. The molecule has 0 radical (unpaired) electrons. The highest BCUT2D eigenvalue weighted by Gasteiger charge is 2.22. The number of hydrazone groups is 1. The number of aromatic amines is 1. The fourth-order valence-electron chi connectivity index (χ4n) is 2.17. The van der Waals surface area contributed by atoms with Gasteiger partial charge in [0.25, 0.3) is 0 Å². The van der Waals surface area contributed by atoms with E-state index in [1.807, 2.05) is 30.3 Å². The normalized spacial score (nSPS) is 10.6. The third kappa shape index (κ3) is 3.32. The number of hydrogen-bond donors (Lipinski definition) is 3. The van der Waals surface area contributed by atoms with Crippen molar-refractivity contribution in [3.8, 4) is 11.1 Å². The molecule has 0 aliphatic heterocycles. The van der Waals surface area contributed by atoms with Crippen LogP contribution in [0, 0.1) is 6.92 Å². The lowest BCUT2D eigenvalue weighted by molar-refractivity contribution is 0.0601. The lowest BCUT2D eigenvalue weighted by Gasteiger charge is -2.05. The molecule has 1 aromatic carbocycles. The van der Waals surface area contributed by atoms with E-state index in [4.69, 9.17) is 22.7 Å². The van der Waals surface area contributed by atoms with Gasteiger partial charge in [0.1, 0.15) is 0 Å². The molecule has 0 amide bonds. The van der Waals surface area contributed by atoms with Gasteiger partial charge in [-0.15, -0.1) is 0 Å². The van der Waals surface area contributed by atoms with Gasteiger partial charge in [0, 0.05) is 11.3 Å². The van der Waals surface area contributed by atoms with Crippen molar-refractivity contribution in [2.45, 2.75) is 6.92 Å². The second-order valence-electron chi connectivity index (χ2n) is 4.51. The highest BCUT2D eigenvalue weighted by molar-refractivity contribution is 7.80. The Labute approximate surface area is 133 Å². The molecule has 1 heterocycles. The molecule has 0 fully saturated rings. The van der Waals surface area contributed by atoms with Crippen LogP contribution in [0.15, 0.2) is 35.4 Å². The molecule has 114 valence electrons. The Morgan fingerprint density at radius 2 is 2.09 bits per heavy atom. The molecule has 2 aromatic rings. The van der Waals surface area contributed by atoms with Gasteiger partial charge in [0.15, 0.2) is 5.11 Å². The number of thiocarbonyl (C=S) groups is 1. The largest absolute Gasteiger partial charge is 0.465 e. The number of ether oxygens (including phenoxy) is 1. The van der Waals surface area contributed by atoms with Crippen molar-refractivity contribution in [3.63, 3.8) is 0 Å². The maximum Gasteiger partial charge on any atom is 0.340 e. The van der Waals surface area contributed by atoms with E-state index in [-0.39, 0.29) is 5.11 Å². The zero-order valence-corrected chi connectivity index (χ0v) is 13.0. The summed E-state index contributed by atoms with van der Waals surface area (Å²) < 4.78 is 4.88. The molecule has 2 rings (SSSR count). The number of rotatable bonds is 4. The Bertz CT molecular complexity index is 723. The summed E-state index contributed by atoms with van der Waals surface area (Å²) in [5.74, 6) is -0.408. The van der Waals surface area contributed by atoms with E-state index in [1.54, 1.807) is 6.92 Å². The molecule has 7 heteroatoms. The van der Waals surface area contributed by atoms with Gasteiger partial charge in [-0.1, -0.05) is 30.3 Å². The number of esters is 1. The second-order valence-corrected chi connectivity index (χ2v) is 4.95. The molecule has 0 bridgehead atoms. The Kier molecular flexibility index (Phi) is 4.90. The fourth-order valence-corrected chi connectivity index (χ4v) is 2.22. The summed E-state index contributed by atoms with van der Waals surface area (Å²) in [6, 6.07) is 9.52. The van der Waals surface area contributed by atoms with E-state index in [2.05, 4.69) is 15.5 Å². The molecule has 0 unspecified atom stereocenters. The Morgan fingerprint density at radius 1 is 1.41 bits per heavy atom. The minimum atomic E-state index is -0.408. The topological polar surface area (TPSA) is 92.5 Å². The molecule has 0 saturated heterocycles. The first-order valence-electron chi connectivity index (χ1n) is 6.49. The van der Waals surface area contributed by atoms with Crippen molar-refractivity contribution in [1.29, 1.82) is 0 Å². The molecular weight excluding hydrogens is 300 g/mol. The van der Waals surface area contributed by atoms with Gasteiger partial charge in [-0.2, -0.15) is 5.10 Å². The number of nitrogens with two attached hydrogens (primary N) is 1. The minimum Gasteiger partial charge on any atom is -0.465 e. The number of benzene rings is 1. The van der Waals surface area contributed by atoms with Gasteiger partial charge < -0.3 is 15.5 Å². The van der Waals surface area contributed by atoms with Gasteiger partial charge in [-0.25, -0.2) is 4.79 Å². The van der Waals surface area contributed by atoms with Crippen LogP contribution >= 0.6 is 12.2 Å². The predicted molar refractivity (Wildman–Crippen MR) is 89.8 cm³/mol. The summed E-state index contributed by atoms with van der Waals surface area (Å²) >= 11 is 4.70. The van der Waals surface area contributed by atoms with E-state index in [9.17, 15) is 4.79 Å². The van der Waals surface area contributed by atoms with Crippen molar-refractivity contribution in [3.05, 3.63) is 47.3 Å². The minimum absolute atomic E-state index is 0.0639. The lowest BCUT2D eigenvalue weighted by atomic mass is 10.0. The van der Waals surface area contributed by atoms with E-state index < -0.39 is 5.97 Å². The molecule has 4 N–H and O–H groups in total. The highest BCUT2D eigenvalue weighted by atomic mass is 32.1. The van der Waals surface area contributed by atoms with Crippen molar-refractivity contribution in [2.75, 3.05) is 7.11 Å². The van der Waals surface area contributed by atoms with Crippen LogP contribution in [0.1, 0.15) is 21.7 Å². The Morgan fingerprint density at radius 3 is 2.68 bits per heavy atom. The summed E-state index contributed by atoms with van der Waals surface area (Å²) in [6.07, 6.45) is 1.53. The summed E-state index contributed by atoms with van der Waals surface area (Å²) in [4.78, 5) is 15.2. The number of aromatic nitrogens is 1. The highest BCUT2D eigenvalue weighted by Crippen LogP contribution is 2.30. The standard InChI is InChI=1S/C15H16N4O2S/c1-9-12(14(20)21-2)13(10-6-4-3-5-7-10)11(18-9)8-17-19-15(16)22/h3-8,18H,1-2H3,(H3,16,19,22)/b17-8+. The number of nitrogens with zero attached hydrogens (tertiary/aromatic N) is 1. The number of H-pyrrole nitrogens is 1. The number of aryl methyl sites for hydroxylation is 1. The first kappa shape index (κ1) is 15.7. The summed E-state index contributed by atoms with van der Waals surface area (Å²) in [7, 11) is 1.35. The number of methoxy groups -OCH3 is 1. The molecule has 0 aliphatic rings. The van der Waals surface area contributed by atoms with Gasteiger partial charge >= 0.3 is 5.97 Å². The number of carbonyl (C=O) groups is 1. The van der Waals surface area contributed by atoms with Crippen LogP contribution in [0.5, 0.6) is 0 Å². The van der Waals surface area contributed by atoms with Crippen LogP contribution < -0.4 is 11.2 Å². The van der Waals surface area contributed by atoms with Crippen LogP contribution in [-0.4, -0.2) is 29.4 Å². The van der Waals surface area contributed by atoms with Gasteiger partial charge in [0.2, 0.25) is 0 Å². The first-order chi connectivity index (χ1) is 10.5. The first-order valence-corrected chi connectivity index (χ1v) is 6.90. The van der Waals surface area contributed by atoms with E-state index in [1.165, 1.54) is 13.3 Å². The van der Waals surface area contributed by atoms with Gasteiger partial charge in [-0.05, 0) is 24.7 Å². The average Bonchev–Trinajstić information content (AvgIpc) is 2.83. The number of hydrogen-bond acceptors (Lipinski definition) is 4. The quantitative estimate of drug-likeness (QED) is 0.347. The summed E-state index contributed by atoms with van der Waals surface area (Å²) in [5, 5.41) is 4.01. The van der Waals surface area contributed by atoms with Crippen molar-refractivity contribution in [1.82, 2.24) is 10.4 Å². The average molecular weight is 316 g/mol. The van der Waals surface area contributed by atoms with E-state index >= 15 is 0 Å². The molecule has 0 atom stereocenters. The van der Waals surface area contributed by atoms with Crippen LogP contribution in [-0.2, 0) is 4.74 Å². The smallest absolute Gasteiger partial charge is 0.340 e. The van der Waals surface area contributed by atoms with Crippen LogP contribution in [0.3, 0.4) is 0 Å². The molecular formula is C15H16N4O2S. The number of carbonyl (C=O) groups excluding carboxylic acids is 1. The summed E-state index contributed by atoms with van der Waals surface area (Å²) in [5.41, 5.74) is 11.3. The lowest BCUT2D eigenvalue weighted by Crippen LogP contribution is -2.24. The van der Waals surface area contributed by atoms with Crippen LogP contribution in [0.4, 0.5) is 0 Å². The van der Waals surface area contributed by atoms with Crippen molar-refractivity contribution < 1.29 is 9.53 Å². The molecule has 0 spiro atoms. The second kappa shape index (κ2) is 6.86. The molecule has 1 aromatic heterocycles. The maximum atomic E-state index is 12.1. The zero-order valence-electron chi connectivity index (χ0n) is 12.2. The Hall–Kier alpha value is -2.67. The third-order valence-electron chi connectivity index (χ3n) is 3.04.